The van der Waals surface area contributed by atoms with Gasteiger partial charge < -0.3 is 23.7 Å². The second-order valence-corrected chi connectivity index (χ2v) is 1.30. The van der Waals surface area contributed by atoms with Gasteiger partial charge in [0, 0.05) is 0 Å². The van der Waals surface area contributed by atoms with Crippen molar-refractivity contribution in [1.82, 2.24) is 0 Å². The number of hydrogen-bond donors (Lipinski definition) is 2. The molecule has 0 aromatic rings. The molecule has 0 bridgehead atoms. The third-order valence-corrected chi connectivity index (χ3v) is 0. The van der Waals surface area contributed by atoms with Crippen LogP contribution < -0.4 is 59.1 Å². The molecule has 0 saturated heterocycles. The van der Waals surface area contributed by atoms with Crippen LogP contribution in [0.4, 0.5) is 0 Å². The van der Waals surface area contributed by atoms with Gasteiger partial charge in [-0.3, -0.25) is 0 Å². The molecule has 0 heterocycles. The van der Waals surface area contributed by atoms with Crippen LogP contribution in [0.1, 0.15) is 0 Å². The fourth-order valence-electron chi connectivity index (χ4n) is 0. The molecule has 7 nitrogen and oxygen atoms in total. The topological polar surface area (TPSA) is 152 Å². The Balaban J connectivity index is -0.0000000171. The van der Waals surface area contributed by atoms with Gasteiger partial charge in [-0.05, 0) is 0 Å². The summed E-state index contributed by atoms with van der Waals surface area (Å²) in [7, 11) is 0. The van der Waals surface area contributed by atoms with Crippen LogP contribution in [0.25, 0.3) is 0 Å². The van der Waals surface area contributed by atoms with E-state index in [1.165, 1.54) is 0 Å². The van der Waals surface area contributed by atoms with Gasteiger partial charge in [0.25, 0.3) is 0 Å². The molecule has 0 aliphatic heterocycles. The van der Waals surface area contributed by atoms with Gasteiger partial charge in [-0.25, -0.2) is 8.42 Å². The van der Waals surface area contributed by atoms with Gasteiger partial charge in [-0.15, -0.1) is 0 Å². The Morgan fingerprint density at radius 1 is 0.909 bits per heavy atom. The zero-order valence-corrected chi connectivity index (χ0v) is 11.5. The van der Waals surface area contributed by atoms with Gasteiger partial charge in [0.2, 0.25) is 0 Å². The first-order valence-electron chi connectivity index (χ1n) is 1.03. The molecule has 11 heavy (non-hydrogen) atoms. The summed E-state index contributed by atoms with van der Waals surface area (Å²) in [6.07, 6.45) is 0. The molecule has 0 aromatic heterocycles. The van der Waals surface area contributed by atoms with Crippen molar-refractivity contribution in [3.63, 3.8) is 0 Å². The van der Waals surface area contributed by atoms with Crippen molar-refractivity contribution in [2.75, 3.05) is 0 Å². The molecule has 2 unspecified atom stereocenters. The molecule has 0 saturated carbocycles. The molecular formula is H4Na2O7S2. The van der Waals surface area contributed by atoms with Crippen LogP contribution in [0.15, 0.2) is 0 Å². The quantitative estimate of drug-likeness (QED) is 0.309. The van der Waals surface area contributed by atoms with E-state index in [0.29, 0.717) is 0 Å². The maximum Gasteiger partial charge on any atom is 1.00 e. The van der Waals surface area contributed by atoms with Gasteiger partial charge >= 0.3 is 59.1 Å². The van der Waals surface area contributed by atoms with Crippen LogP contribution in [0.5, 0.6) is 0 Å². The molecule has 0 spiro atoms. The van der Waals surface area contributed by atoms with Crippen LogP contribution in [0.3, 0.4) is 0 Å². The van der Waals surface area contributed by atoms with Crippen molar-refractivity contribution in [3.05, 3.63) is 0 Å². The van der Waals surface area contributed by atoms with Crippen molar-refractivity contribution < 1.29 is 91.2 Å². The van der Waals surface area contributed by atoms with E-state index in [9.17, 15) is 0 Å². The third kappa shape index (κ3) is 280. The molecule has 0 fully saturated rings. The van der Waals surface area contributed by atoms with E-state index < -0.39 is 22.7 Å². The van der Waals surface area contributed by atoms with E-state index >= 15 is 0 Å². The smallest absolute Gasteiger partial charge is 0.750 e. The normalized spacial score (nSPS) is 11.3. The minimum atomic E-state index is -2.86. The predicted molar refractivity (Wildman–Crippen MR) is 26.7 cm³/mol. The van der Waals surface area contributed by atoms with Crippen LogP contribution in [0.2, 0.25) is 0 Å². The molecular weight excluding hydrogens is 222 g/mol. The van der Waals surface area contributed by atoms with E-state index in [2.05, 4.69) is 0 Å². The molecule has 0 aliphatic carbocycles. The van der Waals surface area contributed by atoms with Crippen molar-refractivity contribution >= 4 is 22.7 Å². The average Bonchev–Trinajstić information content (AvgIpc) is 1.25. The fraction of sp³-hybridized carbons (Fsp3) is 0. The van der Waals surface area contributed by atoms with E-state index in [-0.39, 0.29) is 64.6 Å². The Labute approximate surface area is 112 Å². The summed E-state index contributed by atoms with van der Waals surface area (Å²) in [5, 5.41) is 0. The summed E-state index contributed by atoms with van der Waals surface area (Å²) in [6.45, 7) is 0. The predicted octanol–water partition coefficient (Wildman–Crippen LogP) is -8.14. The second kappa shape index (κ2) is 22.7. The van der Waals surface area contributed by atoms with Crippen LogP contribution in [0, 0.1) is 0 Å². The maximum atomic E-state index is 8.56. The SMILES string of the molecule is O.O=S([O-])O.O=S([O-])O.[Na+].[Na+]. The Morgan fingerprint density at radius 2 is 0.909 bits per heavy atom. The van der Waals surface area contributed by atoms with Crippen molar-refractivity contribution in [2.24, 2.45) is 0 Å². The molecule has 60 valence electrons. The first-order valence-corrected chi connectivity index (χ1v) is 3.10. The molecule has 0 rings (SSSR count). The standard InChI is InChI=1S/2Na.2H2O3S.H2O/c;;2*1-4(2)3;/h;;2*(H2,1,2,3);1H2/q2*+1;;;/p-2. The summed E-state index contributed by atoms with van der Waals surface area (Å²) >= 11 is -5.72. The number of rotatable bonds is 0. The molecule has 0 aliphatic rings. The van der Waals surface area contributed by atoms with Crippen molar-refractivity contribution in [3.8, 4) is 0 Å². The van der Waals surface area contributed by atoms with Gasteiger partial charge in [-0.1, -0.05) is 0 Å². The zero-order valence-electron chi connectivity index (χ0n) is 5.84. The minimum Gasteiger partial charge on any atom is -0.750 e. The van der Waals surface area contributed by atoms with E-state index in [0.717, 1.165) is 0 Å². The number of hydrogen-bond acceptors (Lipinski definition) is 4. The fourth-order valence-corrected chi connectivity index (χ4v) is 0. The molecule has 0 radical (unpaired) electrons. The average molecular weight is 226 g/mol. The third-order valence-electron chi connectivity index (χ3n) is 0. The molecule has 4 N–H and O–H groups in total. The monoisotopic (exact) mass is 226 g/mol. The van der Waals surface area contributed by atoms with Crippen LogP contribution in [-0.4, -0.2) is 32.1 Å². The van der Waals surface area contributed by atoms with Crippen LogP contribution >= 0.6 is 0 Å². The first-order chi connectivity index (χ1) is 3.46. The summed E-state index contributed by atoms with van der Waals surface area (Å²) < 4.78 is 48.2. The van der Waals surface area contributed by atoms with Gasteiger partial charge in [-0.2, -0.15) is 0 Å². The summed E-state index contributed by atoms with van der Waals surface area (Å²) in [5.74, 6) is 0. The Hall–Kier alpha value is 2.10. The van der Waals surface area contributed by atoms with E-state index in [1.807, 2.05) is 0 Å². The second-order valence-electron chi connectivity index (χ2n) is 0.434. The van der Waals surface area contributed by atoms with Gasteiger partial charge in [0.05, 0.1) is 22.7 Å². The molecule has 11 heteroatoms. The minimum absolute atomic E-state index is 0. The molecule has 0 amide bonds. The largest absolute Gasteiger partial charge is 1.00 e. The van der Waals surface area contributed by atoms with Crippen molar-refractivity contribution in [1.29, 1.82) is 0 Å². The summed E-state index contributed by atoms with van der Waals surface area (Å²) in [5.41, 5.74) is 0. The molecule has 0 aromatic carbocycles. The first kappa shape index (κ1) is 29.2. The van der Waals surface area contributed by atoms with Crippen LogP contribution in [-0.2, 0) is 22.7 Å². The summed E-state index contributed by atoms with van der Waals surface area (Å²) in [4.78, 5) is 0. The van der Waals surface area contributed by atoms with Gasteiger partial charge in [0.15, 0.2) is 0 Å². The molecule has 2 atom stereocenters. The maximum absolute atomic E-state index is 8.56. The summed E-state index contributed by atoms with van der Waals surface area (Å²) in [6, 6.07) is 0. The van der Waals surface area contributed by atoms with E-state index in [4.69, 9.17) is 26.6 Å². The Morgan fingerprint density at radius 3 is 0.909 bits per heavy atom. The van der Waals surface area contributed by atoms with Gasteiger partial charge in [0.1, 0.15) is 0 Å². The zero-order chi connectivity index (χ0) is 7.15. The van der Waals surface area contributed by atoms with E-state index in [1.54, 1.807) is 0 Å². The Kier molecular flexibility index (Phi) is 60.4. The van der Waals surface area contributed by atoms with Crippen molar-refractivity contribution in [2.45, 2.75) is 0 Å². The Bertz CT molecular complexity index is 72.4.